The molecule has 1 aromatic rings. The van der Waals surface area contributed by atoms with E-state index in [1.807, 2.05) is 0 Å². The minimum Gasteiger partial charge on any atom is -0.502 e. The summed E-state index contributed by atoms with van der Waals surface area (Å²) in [6, 6.07) is 3.73. The van der Waals surface area contributed by atoms with Crippen molar-refractivity contribution >= 4 is 11.6 Å². The van der Waals surface area contributed by atoms with Crippen molar-refractivity contribution in [2.75, 3.05) is 13.1 Å². The van der Waals surface area contributed by atoms with Crippen molar-refractivity contribution in [1.29, 1.82) is 0 Å². The smallest absolute Gasteiger partial charge is 0.310 e. The summed E-state index contributed by atoms with van der Waals surface area (Å²) in [5.74, 6) is -0.641. The number of phenols is 1. The molecule has 0 spiro atoms. The van der Waals surface area contributed by atoms with Crippen LogP contribution in [0.2, 0.25) is 0 Å². The molecule has 1 saturated heterocycles. The summed E-state index contributed by atoms with van der Waals surface area (Å²) < 4.78 is 0. The summed E-state index contributed by atoms with van der Waals surface area (Å²) >= 11 is 0. The third-order valence-corrected chi connectivity index (χ3v) is 3.31. The second-order valence-corrected chi connectivity index (χ2v) is 4.67. The third kappa shape index (κ3) is 3.01. The molecule has 0 aliphatic carbocycles. The molecule has 0 radical (unpaired) electrons. The van der Waals surface area contributed by atoms with E-state index in [2.05, 4.69) is 0 Å². The van der Waals surface area contributed by atoms with Crippen LogP contribution in [-0.2, 0) is 0 Å². The number of rotatable bonds is 2. The number of carbonyl (C=O) groups is 1. The molecule has 6 heteroatoms. The van der Waals surface area contributed by atoms with Gasteiger partial charge >= 0.3 is 5.69 Å². The highest BCUT2D eigenvalue weighted by Gasteiger charge is 2.20. The van der Waals surface area contributed by atoms with E-state index in [4.69, 9.17) is 0 Å². The summed E-state index contributed by atoms with van der Waals surface area (Å²) in [6.07, 6.45) is 4.19. The lowest BCUT2D eigenvalue weighted by molar-refractivity contribution is -0.385. The Kier molecular flexibility index (Phi) is 3.99. The zero-order valence-corrected chi connectivity index (χ0v) is 10.5. The molecule has 1 amide bonds. The Morgan fingerprint density at radius 3 is 2.37 bits per heavy atom. The van der Waals surface area contributed by atoms with E-state index in [1.54, 1.807) is 4.90 Å². The lowest BCUT2D eigenvalue weighted by Crippen LogP contribution is -2.31. The predicted octanol–water partition coefficient (Wildman–Crippen LogP) is 2.32. The third-order valence-electron chi connectivity index (χ3n) is 3.31. The van der Waals surface area contributed by atoms with Crippen molar-refractivity contribution in [3.63, 3.8) is 0 Å². The number of hydrogen-bond acceptors (Lipinski definition) is 4. The standard InChI is InChI=1S/C13H16N2O4/c16-12-9-10(5-6-11(12)15(18)19)13(17)14-7-3-1-2-4-8-14/h5-6,9,16H,1-4,7-8H2. The molecule has 0 bridgehead atoms. The van der Waals surface area contributed by atoms with Crippen LogP contribution in [0.25, 0.3) is 0 Å². The first-order chi connectivity index (χ1) is 9.09. The van der Waals surface area contributed by atoms with Crippen molar-refractivity contribution in [3.05, 3.63) is 33.9 Å². The highest BCUT2D eigenvalue weighted by atomic mass is 16.6. The predicted molar refractivity (Wildman–Crippen MR) is 69.1 cm³/mol. The average Bonchev–Trinajstić information content (AvgIpc) is 2.66. The second-order valence-electron chi connectivity index (χ2n) is 4.67. The van der Waals surface area contributed by atoms with Gasteiger partial charge in [0.2, 0.25) is 0 Å². The summed E-state index contributed by atoms with van der Waals surface area (Å²) in [5, 5.41) is 20.2. The molecular formula is C13H16N2O4. The minimum atomic E-state index is -0.671. The molecule has 2 rings (SSSR count). The molecule has 6 nitrogen and oxygen atoms in total. The summed E-state index contributed by atoms with van der Waals surface area (Å²) in [4.78, 5) is 23.9. The van der Waals surface area contributed by atoms with Gasteiger partial charge in [0.25, 0.3) is 5.91 Å². The number of nitro groups is 1. The number of likely N-dealkylation sites (tertiary alicyclic amines) is 1. The molecule has 0 aromatic heterocycles. The van der Waals surface area contributed by atoms with Gasteiger partial charge in [0.05, 0.1) is 4.92 Å². The zero-order valence-electron chi connectivity index (χ0n) is 10.5. The quantitative estimate of drug-likeness (QED) is 0.656. The van der Waals surface area contributed by atoms with Crippen LogP contribution in [0.5, 0.6) is 5.75 Å². The van der Waals surface area contributed by atoms with Crippen LogP contribution in [0.3, 0.4) is 0 Å². The second kappa shape index (κ2) is 5.69. The normalized spacial score (nSPS) is 15.9. The maximum Gasteiger partial charge on any atom is 0.310 e. The maximum absolute atomic E-state index is 12.2. The van der Waals surface area contributed by atoms with Crippen LogP contribution in [-0.4, -0.2) is 33.9 Å². The number of aromatic hydroxyl groups is 1. The van der Waals surface area contributed by atoms with Gasteiger partial charge in [-0.3, -0.25) is 14.9 Å². The number of carbonyl (C=O) groups excluding carboxylic acids is 1. The molecule has 1 aromatic carbocycles. The first kappa shape index (κ1) is 13.3. The fourth-order valence-corrected chi connectivity index (χ4v) is 2.27. The number of nitrogens with zero attached hydrogens (tertiary/aromatic N) is 2. The average molecular weight is 264 g/mol. The molecule has 1 N–H and O–H groups in total. The Morgan fingerprint density at radius 2 is 1.84 bits per heavy atom. The van der Waals surface area contributed by atoms with Gasteiger partial charge in [-0.2, -0.15) is 0 Å². The SMILES string of the molecule is O=C(c1ccc([N+](=O)[O-])c(O)c1)N1CCCCCC1. The molecule has 0 saturated carbocycles. The first-order valence-electron chi connectivity index (χ1n) is 6.36. The lowest BCUT2D eigenvalue weighted by Gasteiger charge is -2.20. The fraction of sp³-hybridized carbons (Fsp3) is 0.462. The molecule has 1 aliphatic heterocycles. The van der Waals surface area contributed by atoms with E-state index < -0.39 is 10.7 Å². The van der Waals surface area contributed by atoms with E-state index in [0.717, 1.165) is 25.7 Å². The van der Waals surface area contributed by atoms with Gasteiger partial charge in [-0.05, 0) is 25.0 Å². The molecule has 102 valence electrons. The number of hydrogen-bond donors (Lipinski definition) is 1. The highest BCUT2D eigenvalue weighted by molar-refractivity contribution is 5.95. The van der Waals surface area contributed by atoms with Crippen LogP contribution in [0.1, 0.15) is 36.0 Å². The Hall–Kier alpha value is -2.11. The van der Waals surface area contributed by atoms with Gasteiger partial charge in [-0.1, -0.05) is 12.8 Å². The first-order valence-corrected chi connectivity index (χ1v) is 6.36. The number of benzene rings is 1. The topological polar surface area (TPSA) is 83.7 Å². The molecule has 1 fully saturated rings. The molecule has 1 aliphatic rings. The Labute approximate surface area is 110 Å². The summed E-state index contributed by atoms with van der Waals surface area (Å²) in [7, 11) is 0. The number of nitro benzene ring substituents is 1. The van der Waals surface area contributed by atoms with Gasteiger partial charge in [-0.25, -0.2) is 0 Å². The number of amides is 1. The van der Waals surface area contributed by atoms with Crippen molar-refractivity contribution < 1.29 is 14.8 Å². The van der Waals surface area contributed by atoms with Crippen LogP contribution in [0.15, 0.2) is 18.2 Å². The van der Waals surface area contributed by atoms with E-state index in [0.29, 0.717) is 18.7 Å². The Morgan fingerprint density at radius 1 is 1.21 bits per heavy atom. The maximum atomic E-state index is 12.2. The number of phenolic OH excluding ortho intramolecular Hbond substituents is 1. The lowest BCUT2D eigenvalue weighted by atomic mass is 10.1. The Balaban J connectivity index is 2.19. The van der Waals surface area contributed by atoms with Gasteiger partial charge in [0.15, 0.2) is 5.75 Å². The zero-order chi connectivity index (χ0) is 13.8. The van der Waals surface area contributed by atoms with E-state index in [-0.39, 0.29) is 11.6 Å². The van der Waals surface area contributed by atoms with E-state index in [9.17, 15) is 20.0 Å². The van der Waals surface area contributed by atoms with Crippen molar-refractivity contribution in [2.24, 2.45) is 0 Å². The van der Waals surface area contributed by atoms with Crippen molar-refractivity contribution in [1.82, 2.24) is 4.90 Å². The van der Waals surface area contributed by atoms with E-state index in [1.165, 1.54) is 18.2 Å². The largest absolute Gasteiger partial charge is 0.502 e. The summed E-state index contributed by atoms with van der Waals surface area (Å²) in [6.45, 7) is 1.41. The van der Waals surface area contributed by atoms with Gasteiger partial charge in [-0.15, -0.1) is 0 Å². The van der Waals surface area contributed by atoms with Crippen LogP contribution in [0, 0.1) is 10.1 Å². The molecule has 0 unspecified atom stereocenters. The molecule has 1 heterocycles. The molecule has 0 atom stereocenters. The summed E-state index contributed by atoms with van der Waals surface area (Å²) in [5.41, 5.74) is -0.0857. The fourth-order valence-electron chi connectivity index (χ4n) is 2.27. The monoisotopic (exact) mass is 264 g/mol. The van der Waals surface area contributed by atoms with E-state index >= 15 is 0 Å². The van der Waals surface area contributed by atoms with Gasteiger partial charge in [0, 0.05) is 24.7 Å². The van der Waals surface area contributed by atoms with Gasteiger partial charge < -0.3 is 10.0 Å². The molecular weight excluding hydrogens is 248 g/mol. The molecule has 19 heavy (non-hydrogen) atoms. The van der Waals surface area contributed by atoms with Crippen LogP contribution >= 0.6 is 0 Å². The van der Waals surface area contributed by atoms with Crippen molar-refractivity contribution in [3.8, 4) is 5.75 Å². The van der Waals surface area contributed by atoms with Crippen LogP contribution in [0.4, 0.5) is 5.69 Å². The van der Waals surface area contributed by atoms with Crippen LogP contribution < -0.4 is 0 Å². The van der Waals surface area contributed by atoms with Gasteiger partial charge in [0.1, 0.15) is 0 Å². The Bertz CT molecular complexity index is 493. The minimum absolute atomic E-state index is 0.174. The van der Waals surface area contributed by atoms with Crippen molar-refractivity contribution in [2.45, 2.75) is 25.7 Å². The highest BCUT2D eigenvalue weighted by Crippen LogP contribution is 2.27.